The van der Waals surface area contributed by atoms with Crippen molar-refractivity contribution in [2.45, 2.75) is 55.7 Å². The van der Waals surface area contributed by atoms with E-state index in [0.717, 1.165) is 12.0 Å². The average molecular weight is 467 g/mol. The quantitative estimate of drug-likeness (QED) is 0.626. The van der Waals surface area contributed by atoms with Crippen LogP contribution in [0.4, 0.5) is 5.69 Å². The number of thioether (sulfide) groups is 1. The maximum absolute atomic E-state index is 13.6. The second kappa shape index (κ2) is 8.30. The number of esters is 1. The number of nitrogens with zero attached hydrogens (tertiary/aromatic N) is 1. The van der Waals surface area contributed by atoms with Crippen molar-refractivity contribution < 1.29 is 24.2 Å². The van der Waals surface area contributed by atoms with Crippen molar-refractivity contribution in [3.8, 4) is 0 Å². The molecule has 3 heterocycles. The maximum Gasteiger partial charge on any atom is 0.310 e. The Morgan fingerprint density at radius 1 is 1.45 bits per heavy atom. The number of aryl methyl sites for hydroxylation is 1. The third-order valence-electron chi connectivity index (χ3n) is 6.75. The lowest BCUT2D eigenvalue weighted by molar-refractivity contribution is -0.154. The van der Waals surface area contributed by atoms with Gasteiger partial charge in [0.2, 0.25) is 11.8 Å². The monoisotopic (exact) mass is 466 g/mol. The maximum atomic E-state index is 13.6. The van der Waals surface area contributed by atoms with E-state index in [4.69, 9.17) is 16.3 Å². The number of anilines is 1. The molecule has 1 aromatic rings. The molecular weight excluding hydrogens is 440 g/mol. The first kappa shape index (κ1) is 22.4. The van der Waals surface area contributed by atoms with E-state index in [-0.39, 0.29) is 36.2 Å². The molecule has 1 spiro atoms. The van der Waals surface area contributed by atoms with Gasteiger partial charge in [-0.2, -0.15) is 0 Å². The predicted molar refractivity (Wildman–Crippen MR) is 119 cm³/mol. The van der Waals surface area contributed by atoms with E-state index >= 15 is 0 Å². The molecule has 2 bridgehead atoms. The first-order valence-electron chi connectivity index (χ1n) is 10.6. The van der Waals surface area contributed by atoms with E-state index in [9.17, 15) is 19.5 Å². The normalized spacial score (nSPS) is 32.2. The zero-order valence-electron chi connectivity index (χ0n) is 17.8. The molecule has 3 aliphatic heterocycles. The summed E-state index contributed by atoms with van der Waals surface area (Å²) in [5, 5.41) is 13.1. The highest BCUT2D eigenvalue weighted by atomic mass is 35.5. The molecule has 2 unspecified atom stereocenters. The van der Waals surface area contributed by atoms with Gasteiger partial charge in [0.05, 0.1) is 46.5 Å². The van der Waals surface area contributed by atoms with Crippen LogP contribution in [0.2, 0.25) is 5.02 Å². The van der Waals surface area contributed by atoms with Gasteiger partial charge in [0.1, 0.15) is 6.04 Å². The molecule has 0 aliphatic carbocycles. The largest absolute Gasteiger partial charge is 0.466 e. The first-order valence-corrected chi connectivity index (χ1v) is 11.9. The van der Waals surface area contributed by atoms with Crippen LogP contribution in [0.5, 0.6) is 0 Å². The number of likely N-dealkylation sites (tertiary alicyclic amines) is 1. The Labute approximate surface area is 190 Å². The third-order valence-corrected chi connectivity index (χ3v) is 9.02. The summed E-state index contributed by atoms with van der Waals surface area (Å²) in [4.78, 5) is 41.5. The number of carbonyl (C=O) groups is 3. The number of hydrogen-bond acceptors (Lipinski definition) is 6. The molecule has 9 heteroatoms. The second-order valence-electron chi connectivity index (χ2n) is 8.51. The fourth-order valence-electron chi connectivity index (χ4n) is 5.44. The summed E-state index contributed by atoms with van der Waals surface area (Å²) >= 11 is 7.88. The molecule has 31 heavy (non-hydrogen) atoms. The molecule has 0 radical (unpaired) electrons. The smallest absolute Gasteiger partial charge is 0.310 e. The Kier molecular flexibility index (Phi) is 6.00. The Hall–Kier alpha value is -1.77. The predicted octanol–water partition coefficient (Wildman–Crippen LogP) is 2.62. The zero-order chi connectivity index (χ0) is 22.5. The van der Waals surface area contributed by atoms with Crippen LogP contribution in [0.25, 0.3) is 0 Å². The third kappa shape index (κ3) is 3.34. The number of benzene rings is 1. The fraction of sp³-hybridized carbons (Fsp3) is 0.591. The summed E-state index contributed by atoms with van der Waals surface area (Å²) in [6, 6.07) is 3.99. The zero-order valence-corrected chi connectivity index (χ0v) is 19.3. The highest BCUT2D eigenvalue weighted by molar-refractivity contribution is 8.02. The van der Waals surface area contributed by atoms with E-state index < -0.39 is 28.7 Å². The minimum absolute atomic E-state index is 0.0445. The molecule has 4 rings (SSSR count). The molecule has 3 fully saturated rings. The Morgan fingerprint density at radius 2 is 2.19 bits per heavy atom. The lowest BCUT2D eigenvalue weighted by Gasteiger charge is -2.36. The van der Waals surface area contributed by atoms with Crippen LogP contribution < -0.4 is 5.32 Å². The van der Waals surface area contributed by atoms with Crippen LogP contribution in [-0.2, 0) is 19.1 Å². The first-order chi connectivity index (χ1) is 14.8. The number of aliphatic hydroxyl groups excluding tert-OH is 1. The van der Waals surface area contributed by atoms with Gasteiger partial charge < -0.3 is 20.1 Å². The molecule has 1 aromatic carbocycles. The highest BCUT2D eigenvalue weighted by Gasteiger charge is 2.74. The Bertz CT molecular complexity index is 907. The number of rotatable bonds is 6. The minimum atomic E-state index is -0.808. The van der Waals surface area contributed by atoms with Gasteiger partial charge >= 0.3 is 5.97 Å². The minimum Gasteiger partial charge on any atom is -0.466 e. The van der Waals surface area contributed by atoms with Gasteiger partial charge in [-0.3, -0.25) is 14.4 Å². The van der Waals surface area contributed by atoms with Crippen molar-refractivity contribution in [2.24, 2.45) is 11.8 Å². The van der Waals surface area contributed by atoms with Crippen LogP contribution in [0, 0.1) is 18.8 Å². The van der Waals surface area contributed by atoms with E-state index in [1.807, 2.05) is 13.0 Å². The van der Waals surface area contributed by atoms with E-state index in [2.05, 4.69) is 5.32 Å². The number of halogens is 1. The number of nitrogens with one attached hydrogen (secondary N) is 1. The topological polar surface area (TPSA) is 95.9 Å². The van der Waals surface area contributed by atoms with Crippen LogP contribution >= 0.6 is 23.4 Å². The van der Waals surface area contributed by atoms with Crippen molar-refractivity contribution in [1.82, 2.24) is 4.90 Å². The van der Waals surface area contributed by atoms with Gasteiger partial charge in [0.25, 0.3) is 0 Å². The molecule has 2 N–H and O–H groups in total. The molecule has 3 aliphatic rings. The van der Waals surface area contributed by atoms with Crippen molar-refractivity contribution >= 4 is 46.8 Å². The summed E-state index contributed by atoms with van der Waals surface area (Å²) in [6.07, 6.45) is 1.40. The molecule has 0 aromatic heterocycles. The van der Waals surface area contributed by atoms with Crippen LogP contribution in [0.3, 0.4) is 0 Å². The summed E-state index contributed by atoms with van der Waals surface area (Å²) in [5.41, 5.74) is 1.33. The number of para-hydroxylation sites is 1. The van der Waals surface area contributed by atoms with Gasteiger partial charge in [0, 0.05) is 5.25 Å². The molecule has 2 amide bonds. The lowest BCUT2D eigenvalue weighted by Crippen LogP contribution is -2.54. The summed E-state index contributed by atoms with van der Waals surface area (Å²) in [6.45, 7) is 5.28. The number of ether oxygens (including phenoxy) is 1. The van der Waals surface area contributed by atoms with Gasteiger partial charge in [-0.25, -0.2) is 0 Å². The highest BCUT2D eigenvalue weighted by Crippen LogP contribution is 2.66. The van der Waals surface area contributed by atoms with E-state index in [1.54, 1.807) is 37.7 Å². The van der Waals surface area contributed by atoms with Crippen molar-refractivity contribution in [2.75, 3.05) is 18.5 Å². The number of aliphatic hydroxyl groups is 1. The Morgan fingerprint density at radius 3 is 2.84 bits per heavy atom. The lowest BCUT2D eigenvalue weighted by atomic mass is 9.71. The van der Waals surface area contributed by atoms with Gasteiger partial charge in [-0.1, -0.05) is 23.7 Å². The average Bonchev–Trinajstić information content (AvgIpc) is 3.37. The molecule has 0 saturated carbocycles. The summed E-state index contributed by atoms with van der Waals surface area (Å²) < 4.78 is 4.57. The van der Waals surface area contributed by atoms with Gasteiger partial charge in [-0.05, 0) is 45.2 Å². The van der Waals surface area contributed by atoms with E-state index in [0.29, 0.717) is 17.1 Å². The van der Waals surface area contributed by atoms with Crippen molar-refractivity contribution in [1.29, 1.82) is 0 Å². The number of fused-ring (bicyclic) bond motifs is 1. The van der Waals surface area contributed by atoms with Crippen molar-refractivity contribution in [3.05, 3.63) is 28.8 Å². The van der Waals surface area contributed by atoms with Crippen LogP contribution in [-0.4, -0.2) is 63.1 Å². The van der Waals surface area contributed by atoms with Gasteiger partial charge in [-0.15, -0.1) is 11.8 Å². The van der Waals surface area contributed by atoms with Crippen LogP contribution in [0.15, 0.2) is 18.2 Å². The van der Waals surface area contributed by atoms with Crippen LogP contribution in [0.1, 0.15) is 32.3 Å². The number of carbonyl (C=O) groups excluding carboxylic acids is 3. The molecular formula is C22H27ClN2O5S. The van der Waals surface area contributed by atoms with Crippen molar-refractivity contribution in [3.63, 3.8) is 0 Å². The standard InChI is InChI=1S/C22H27ClN2O5S/c1-4-30-21(29)15-14-8-9-22(31-14)16(15)20(28)25(12(3)10-26)18(22)19(27)24-17-11(2)6-5-7-13(17)23/h5-7,12,14-16,18,26H,4,8-10H2,1-3H3,(H,24,27)/t12-,14-,15+,16+,18?,22?/m1/s1. The number of amides is 2. The van der Waals surface area contributed by atoms with Gasteiger partial charge in [0.15, 0.2) is 0 Å². The SMILES string of the molecule is CCOC(=O)[C@@H]1[C@H]2C(=O)N([C@H](C)CO)C(C(=O)Nc3c(C)cccc3Cl)C23CC[C@H]1S3. The molecule has 6 atom stereocenters. The summed E-state index contributed by atoms with van der Waals surface area (Å²) in [7, 11) is 0. The molecule has 3 saturated heterocycles. The molecule has 168 valence electrons. The second-order valence-corrected chi connectivity index (χ2v) is 10.5. The fourth-order valence-corrected chi connectivity index (χ4v) is 7.90. The Balaban J connectivity index is 1.74. The number of hydrogen-bond donors (Lipinski definition) is 2. The van der Waals surface area contributed by atoms with E-state index in [1.165, 1.54) is 4.90 Å². The molecule has 7 nitrogen and oxygen atoms in total. The summed E-state index contributed by atoms with van der Waals surface area (Å²) in [5.74, 6) is -2.18.